The molecule has 0 radical (unpaired) electrons. The van der Waals surface area contributed by atoms with E-state index in [4.69, 9.17) is 5.41 Å². The van der Waals surface area contributed by atoms with Gasteiger partial charge in [-0.25, -0.2) is 0 Å². The normalized spacial score (nSPS) is 7.83. The second kappa shape index (κ2) is 6.28. The molecule has 1 rings (SSSR count). The summed E-state index contributed by atoms with van der Waals surface area (Å²) in [6, 6.07) is 1.83. The molecule has 0 unspecified atom stereocenters. The SMILES string of the molecule is C=Cc1ccncc1C=N.CC. The molecule has 12 heavy (non-hydrogen) atoms. The van der Waals surface area contributed by atoms with Crippen LogP contribution in [0.2, 0.25) is 0 Å². The molecule has 0 fully saturated rings. The molecule has 0 atom stereocenters. The van der Waals surface area contributed by atoms with E-state index in [1.54, 1.807) is 18.5 Å². The summed E-state index contributed by atoms with van der Waals surface area (Å²) in [7, 11) is 0. The first-order chi connectivity index (χ1) is 5.88. The van der Waals surface area contributed by atoms with Gasteiger partial charge in [-0.1, -0.05) is 26.5 Å². The molecule has 1 heterocycles. The van der Waals surface area contributed by atoms with Gasteiger partial charge >= 0.3 is 0 Å². The van der Waals surface area contributed by atoms with Crippen molar-refractivity contribution in [2.24, 2.45) is 0 Å². The standard InChI is InChI=1S/C8H8N2.C2H6/c1-2-7-3-4-10-6-8(7)5-9;1-2/h2-6,9H,1H2;1-2H3. The minimum Gasteiger partial charge on any atom is -0.308 e. The van der Waals surface area contributed by atoms with Crippen LogP contribution in [-0.2, 0) is 0 Å². The van der Waals surface area contributed by atoms with Gasteiger partial charge in [0.15, 0.2) is 0 Å². The third kappa shape index (κ3) is 2.66. The summed E-state index contributed by atoms with van der Waals surface area (Å²) in [5.41, 5.74) is 1.75. The molecular weight excluding hydrogens is 148 g/mol. The highest BCUT2D eigenvalue weighted by Gasteiger charge is 1.91. The van der Waals surface area contributed by atoms with Crippen molar-refractivity contribution in [2.75, 3.05) is 0 Å². The molecule has 1 aromatic heterocycles. The molecule has 0 aliphatic carbocycles. The molecule has 0 spiro atoms. The van der Waals surface area contributed by atoms with Gasteiger partial charge in [-0.3, -0.25) is 4.98 Å². The van der Waals surface area contributed by atoms with E-state index in [9.17, 15) is 0 Å². The molecule has 0 saturated heterocycles. The van der Waals surface area contributed by atoms with Gasteiger partial charge in [0, 0.05) is 24.2 Å². The number of nitrogens with zero attached hydrogens (tertiary/aromatic N) is 1. The third-order valence-corrected chi connectivity index (χ3v) is 1.26. The van der Waals surface area contributed by atoms with Crippen molar-refractivity contribution < 1.29 is 0 Å². The van der Waals surface area contributed by atoms with Gasteiger partial charge in [0.05, 0.1) is 0 Å². The Morgan fingerprint density at radius 3 is 2.50 bits per heavy atom. The van der Waals surface area contributed by atoms with Crippen LogP contribution in [0, 0.1) is 5.41 Å². The number of pyridine rings is 1. The van der Waals surface area contributed by atoms with Gasteiger partial charge in [-0.2, -0.15) is 0 Å². The zero-order valence-electron chi connectivity index (χ0n) is 7.54. The van der Waals surface area contributed by atoms with E-state index in [-0.39, 0.29) is 0 Å². The first-order valence-corrected chi connectivity index (χ1v) is 3.95. The lowest BCUT2D eigenvalue weighted by molar-refractivity contribution is 1.31. The van der Waals surface area contributed by atoms with E-state index in [1.165, 1.54) is 6.21 Å². The van der Waals surface area contributed by atoms with Gasteiger partial charge in [0.1, 0.15) is 0 Å². The zero-order valence-corrected chi connectivity index (χ0v) is 7.54. The third-order valence-electron chi connectivity index (χ3n) is 1.26. The lowest BCUT2D eigenvalue weighted by Crippen LogP contribution is -1.85. The second-order valence-corrected chi connectivity index (χ2v) is 1.85. The largest absolute Gasteiger partial charge is 0.308 e. The first-order valence-electron chi connectivity index (χ1n) is 3.95. The Morgan fingerprint density at radius 2 is 2.08 bits per heavy atom. The van der Waals surface area contributed by atoms with Crippen molar-refractivity contribution in [1.82, 2.24) is 4.98 Å². The van der Waals surface area contributed by atoms with Crippen LogP contribution in [0.3, 0.4) is 0 Å². The van der Waals surface area contributed by atoms with E-state index in [2.05, 4.69) is 11.6 Å². The Bertz CT molecular complexity index is 227. The van der Waals surface area contributed by atoms with Crippen LogP contribution in [0.5, 0.6) is 0 Å². The summed E-state index contributed by atoms with van der Waals surface area (Å²) >= 11 is 0. The fourth-order valence-corrected chi connectivity index (χ4v) is 0.724. The molecule has 0 saturated carbocycles. The molecule has 0 aliphatic heterocycles. The summed E-state index contributed by atoms with van der Waals surface area (Å²) in [5, 5.41) is 6.98. The van der Waals surface area contributed by atoms with Crippen molar-refractivity contribution in [3.05, 3.63) is 36.2 Å². The Kier molecular flexibility index (Phi) is 5.53. The minimum atomic E-state index is 0.803. The summed E-state index contributed by atoms with van der Waals surface area (Å²) in [6.07, 6.45) is 6.31. The van der Waals surface area contributed by atoms with Crippen LogP contribution in [0.4, 0.5) is 0 Å². The topological polar surface area (TPSA) is 36.7 Å². The number of nitrogens with one attached hydrogen (secondary N) is 1. The van der Waals surface area contributed by atoms with Gasteiger partial charge in [-0.15, -0.1) is 0 Å². The van der Waals surface area contributed by atoms with Crippen LogP contribution in [0.25, 0.3) is 6.08 Å². The van der Waals surface area contributed by atoms with Crippen molar-refractivity contribution in [3.8, 4) is 0 Å². The van der Waals surface area contributed by atoms with E-state index in [1.807, 2.05) is 19.9 Å². The van der Waals surface area contributed by atoms with Crippen LogP contribution in [-0.4, -0.2) is 11.2 Å². The molecule has 64 valence electrons. The van der Waals surface area contributed by atoms with Crippen LogP contribution >= 0.6 is 0 Å². The predicted octanol–water partition coefficient (Wildman–Crippen LogP) is 2.75. The van der Waals surface area contributed by atoms with Crippen molar-refractivity contribution in [2.45, 2.75) is 13.8 Å². The molecule has 0 bridgehead atoms. The Labute approximate surface area is 73.5 Å². The number of hydrogen-bond acceptors (Lipinski definition) is 2. The molecule has 1 N–H and O–H groups in total. The lowest BCUT2D eigenvalue weighted by atomic mass is 10.1. The minimum absolute atomic E-state index is 0.803. The molecule has 0 aromatic carbocycles. The summed E-state index contributed by atoms with van der Waals surface area (Å²) in [5.74, 6) is 0. The van der Waals surface area contributed by atoms with Crippen LogP contribution < -0.4 is 0 Å². The molecule has 2 nitrogen and oxygen atoms in total. The van der Waals surface area contributed by atoms with Crippen molar-refractivity contribution in [3.63, 3.8) is 0 Å². The van der Waals surface area contributed by atoms with Gasteiger partial charge in [0.25, 0.3) is 0 Å². The van der Waals surface area contributed by atoms with Crippen LogP contribution in [0.15, 0.2) is 25.0 Å². The molecule has 1 aromatic rings. The maximum Gasteiger partial charge on any atom is 0.0361 e. The molecule has 2 heteroatoms. The summed E-state index contributed by atoms with van der Waals surface area (Å²) in [4.78, 5) is 3.87. The predicted molar refractivity (Wildman–Crippen MR) is 53.6 cm³/mol. The smallest absolute Gasteiger partial charge is 0.0361 e. The van der Waals surface area contributed by atoms with Crippen molar-refractivity contribution in [1.29, 1.82) is 5.41 Å². The number of aromatic nitrogens is 1. The maximum atomic E-state index is 6.98. The van der Waals surface area contributed by atoms with Gasteiger partial charge < -0.3 is 5.41 Å². The van der Waals surface area contributed by atoms with Crippen molar-refractivity contribution >= 4 is 12.3 Å². The molecule has 0 amide bonds. The fraction of sp³-hybridized carbons (Fsp3) is 0.200. The van der Waals surface area contributed by atoms with E-state index >= 15 is 0 Å². The summed E-state index contributed by atoms with van der Waals surface area (Å²) < 4.78 is 0. The van der Waals surface area contributed by atoms with Crippen LogP contribution in [0.1, 0.15) is 25.0 Å². The fourth-order valence-electron chi connectivity index (χ4n) is 0.724. The average Bonchev–Trinajstić information content (AvgIpc) is 2.20. The zero-order chi connectivity index (χ0) is 9.40. The Balaban J connectivity index is 0.000000561. The van der Waals surface area contributed by atoms with Gasteiger partial charge in [0.2, 0.25) is 0 Å². The quantitative estimate of drug-likeness (QED) is 0.667. The van der Waals surface area contributed by atoms with E-state index < -0.39 is 0 Å². The van der Waals surface area contributed by atoms with Gasteiger partial charge in [-0.05, 0) is 11.6 Å². The van der Waals surface area contributed by atoms with E-state index in [0.29, 0.717) is 0 Å². The summed E-state index contributed by atoms with van der Waals surface area (Å²) in [6.45, 7) is 7.61. The van der Waals surface area contributed by atoms with E-state index in [0.717, 1.165) is 11.1 Å². The monoisotopic (exact) mass is 162 g/mol. The average molecular weight is 162 g/mol. The molecular formula is C10H14N2. The first kappa shape index (κ1) is 10.6. The lowest BCUT2D eigenvalue weighted by Gasteiger charge is -1.94. The second-order valence-electron chi connectivity index (χ2n) is 1.85. The number of hydrogen-bond donors (Lipinski definition) is 1. The maximum absolute atomic E-state index is 6.98. The Hall–Kier alpha value is -1.44. The highest BCUT2D eigenvalue weighted by molar-refractivity contribution is 5.82. The highest BCUT2D eigenvalue weighted by atomic mass is 14.6. The Morgan fingerprint density at radius 1 is 1.42 bits per heavy atom. The number of rotatable bonds is 2. The highest BCUT2D eigenvalue weighted by Crippen LogP contribution is 2.03. The molecule has 0 aliphatic rings.